The van der Waals surface area contributed by atoms with Gasteiger partial charge in [-0.25, -0.2) is 0 Å². The smallest absolute Gasteiger partial charge is 0.162 e. The van der Waals surface area contributed by atoms with Gasteiger partial charge >= 0.3 is 0 Å². The van der Waals surface area contributed by atoms with Crippen LogP contribution < -0.4 is 4.74 Å². The first kappa shape index (κ1) is 12.7. The largest absolute Gasteiger partial charge is 0.493 e. The molecule has 1 aromatic carbocycles. The molecule has 0 radical (unpaired) electrons. The Balaban J connectivity index is 2.50. The number of benzene rings is 1. The molecule has 0 spiro atoms. The highest BCUT2D eigenvalue weighted by atomic mass is 16.5. The van der Waals surface area contributed by atoms with Crippen molar-refractivity contribution in [1.82, 2.24) is 0 Å². The maximum Gasteiger partial charge on any atom is 0.162 e. The lowest BCUT2D eigenvalue weighted by atomic mass is 10.1. The van der Waals surface area contributed by atoms with E-state index in [1.165, 1.54) is 0 Å². The molecule has 0 heterocycles. The molecule has 0 saturated heterocycles. The van der Waals surface area contributed by atoms with Crippen molar-refractivity contribution in [2.45, 2.75) is 19.8 Å². The normalized spacial score (nSPS) is 10.1. The third kappa shape index (κ3) is 4.03. The number of hydrogen-bond acceptors (Lipinski definition) is 3. The Morgan fingerprint density at radius 3 is 2.81 bits per heavy atom. The van der Waals surface area contributed by atoms with Crippen LogP contribution in [0.1, 0.15) is 30.1 Å². The van der Waals surface area contributed by atoms with Gasteiger partial charge in [0.05, 0.1) is 6.61 Å². The predicted octanol–water partition coefficient (Wildman–Crippen LogP) is 2.69. The number of rotatable bonds is 7. The van der Waals surface area contributed by atoms with E-state index in [2.05, 4.69) is 0 Å². The van der Waals surface area contributed by atoms with Crippen LogP contribution in [0.5, 0.6) is 5.75 Å². The van der Waals surface area contributed by atoms with Crippen LogP contribution in [0.15, 0.2) is 24.3 Å². The summed E-state index contributed by atoms with van der Waals surface area (Å²) in [6.45, 7) is 3.15. The quantitative estimate of drug-likeness (QED) is 0.525. The van der Waals surface area contributed by atoms with Crippen LogP contribution in [0.4, 0.5) is 0 Å². The lowest BCUT2D eigenvalue weighted by Crippen LogP contribution is -2.02. The van der Waals surface area contributed by atoms with Crippen molar-refractivity contribution >= 4 is 5.78 Å². The lowest BCUT2D eigenvalue weighted by molar-refractivity contribution is 0.0987. The zero-order chi connectivity index (χ0) is 11.8. The maximum atomic E-state index is 11.5. The highest BCUT2D eigenvalue weighted by Gasteiger charge is 2.03. The Kier molecular flexibility index (Phi) is 5.57. The van der Waals surface area contributed by atoms with E-state index >= 15 is 0 Å². The molecule has 0 amide bonds. The van der Waals surface area contributed by atoms with Crippen molar-refractivity contribution in [2.75, 3.05) is 20.3 Å². The van der Waals surface area contributed by atoms with Gasteiger partial charge in [0, 0.05) is 32.1 Å². The van der Waals surface area contributed by atoms with Crippen LogP contribution in [0, 0.1) is 0 Å². The molecule has 0 aromatic heterocycles. The Morgan fingerprint density at radius 1 is 1.31 bits per heavy atom. The summed E-state index contributed by atoms with van der Waals surface area (Å²) in [5, 5.41) is 0. The van der Waals surface area contributed by atoms with E-state index in [1.54, 1.807) is 13.2 Å². The molecule has 88 valence electrons. The lowest BCUT2D eigenvalue weighted by Gasteiger charge is -2.06. The van der Waals surface area contributed by atoms with Crippen LogP contribution in [0.25, 0.3) is 0 Å². The van der Waals surface area contributed by atoms with E-state index in [0.717, 1.165) is 12.2 Å². The third-order valence-electron chi connectivity index (χ3n) is 2.24. The molecule has 0 aliphatic carbocycles. The minimum atomic E-state index is 0.141. The fourth-order valence-electron chi connectivity index (χ4n) is 1.36. The van der Waals surface area contributed by atoms with E-state index in [1.807, 2.05) is 25.1 Å². The Bertz CT molecular complexity index is 334. The summed E-state index contributed by atoms with van der Waals surface area (Å²) in [5.41, 5.74) is 0.715. The predicted molar refractivity (Wildman–Crippen MR) is 63.1 cm³/mol. The number of carbonyl (C=O) groups is 1. The van der Waals surface area contributed by atoms with Gasteiger partial charge in [0.2, 0.25) is 0 Å². The van der Waals surface area contributed by atoms with Crippen molar-refractivity contribution < 1.29 is 14.3 Å². The minimum Gasteiger partial charge on any atom is -0.493 e. The molecule has 0 unspecified atom stereocenters. The SMILES string of the molecule is CCC(=O)c1cccc(OCCCOC)c1. The summed E-state index contributed by atoms with van der Waals surface area (Å²) < 4.78 is 10.4. The number of methoxy groups -OCH3 is 1. The van der Waals surface area contributed by atoms with Gasteiger partial charge in [0.15, 0.2) is 5.78 Å². The molecule has 1 aromatic rings. The zero-order valence-corrected chi connectivity index (χ0v) is 9.86. The van der Waals surface area contributed by atoms with Crippen LogP contribution in [-0.4, -0.2) is 26.1 Å². The standard InChI is InChI=1S/C13H18O3/c1-3-13(14)11-6-4-7-12(10-11)16-9-5-8-15-2/h4,6-7,10H,3,5,8-9H2,1-2H3. The number of ether oxygens (including phenoxy) is 2. The van der Waals surface area contributed by atoms with E-state index in [0.29, 0.717) is 25.2 Å². The van der Waals surface area contributed by atoms with E-state index in [4.69, 9.17) is 9.47 Å². The second-order valence-corrected chi connectivity index (χ2v) is 3.50. The molecule has 0 aliphatic rings. The number of ketones is 1. The molecule has 0 aliphatic heterocycles. The maximum absolute atomic E-state index is 11.5. The first-order valence-electron chi connectivity index (χ1n) is 5.53. The van der Waals surface area contributed by atoms with Gasteiger partial charge in [-0.2, -0.15) is 0 Å². The summed E-state index contributed by atoms with van der Waals surface area (Å²) >= 11 is 0. The molecule has 0 atom stereocenters. The van der Waals surface area contributed by atoms with Crippen LogP contribution >= 0.6 is 0 Å². The molecular weight excluding hydrogens is 204 g/mol. The average molecular weight is 222 g/mol. The fraction of sp³-hybridized carbons (Fsp3) is 0.462. The zero-order valence-electron chi connectivity index (χ0n) is 9.86. The molecule has 16 heavy (non-hydrogen) atoms. The first-order chi connectivity index (χ1) is 7.77. The topological polar surface area (TPSA) is 35.5 Å². The Labute approximate surface area is 96.4 Å². The summed E-state index contributed by atoms with van der Waals surface area (Å²) in [4.78, 5) is 11.5. The van der Waals surface area contributed by atoms with Gasteiger partial charge in [-0.15, -0.1) is 0 Å². The minimum absolute atomic E-state index is 0.141. The molecule has 0 bridgehead atoms. The number of carbonyl (C=O) groups excluding carboxylic acids is 1. The van der Waals surface area contributed by atoms with Crippen LogP contribution in [-0.2, 0) is 4.74 Å². The molecule has 0 fully saturated rings. The molecule has 1 rings (SSSR count). The van der Waals surface area contributed by atoms with Gasteiger partial charge in [0.25, 0.3) is 0 Å². The molecule has 0 saturated carbocycles. The second-order valence-electron chi connectivity index (χ2n) is 3.50. The van der Waals surface area contributed by atoms with Crippen LogP contribution in [0.2, 0.25) is 0 Å². The van der Waals surface area contributed by atoms with Gasteiger partial charge in [-0.3, -0.25) is 4.79 Å². The second kappa shape index (κ2) is 7.01. The van der Waals surface area contributed by atoms with Gasteiger partial charge in [-0.05, 0) is 12.1 Å². The molecule has 0 N–H and O–H groups in total. The van der Waals surface area contributed by atoms with E-state index in [9.17, 15) is 4.79 Å². The highest BCUT2D eigenvalue weighted by Crippen LogP contribution is 2.14. The van der Waals surface area contributed by atoms with Crippen molar-refractivity contribution in [3.63, 3.8) is 0 Å². The summed E-state index contributed by atoms with van der Waals surface area (Å²) in [5.74, 6) is 0.887. The van der Waals surface area contributed by atoms with E-state index in [-0.39, 0.29) is 5.78 Å². The molecule has 3 nitrogen and oxygen atoms in total. The number of Topliss-reactive ketones (excluding diaryl/α,β-unsaturated/α-hetero) is 1. The average Bonchev–Trinajstić information content (AvgIpc) is 2.34. The Morgan fingerprint density at radius 2 is 2.12 bits per heavy atom. The molecule has 3 heteroatoms. The van der Waals surface area contributed by atoms with Crippen molar-refractivity contribution in [3.8, 4) is 5.75 Å². The molecular formula is C13H18O3. The summed E-state index contributed by atoms with van der Waals surface area (Å²) in [6.07, 6.45) is 1.37. The van der Waals surface area contributed by atoms with E-state index < -0.39 is 0 Å². The summed E-state index contributed by atoms with van der Waals surface area (Å²) in [6, 6.07) is 7.31. The van der Waals surface area contributed by atoms with Gasteiger partial charge in [-0.1, -0.05) is 19.1 Å². The Hall–Kier alpha value is -1.35. The van der Waals surface area contributed by atoms with Crippen molar-refractivity contribution in [2.24, 2.45) is 0 Å². The third-order valence-corrected chi connectivity index (χ3v) is 2.24. The van der Waals surface area contributed by atoms with Gasteiger partial charge < -0.3 is 9.47 Å². The number of hydrogen-bond donors (Lipinski definition) is 0. The highest BCUT2D eigenvalue weighted by molar-refractivity contribution is 5.96. The monoisotopic (exact) mass is 222 g/mol. The fourth-order valence-corrected chi connectivity index (χ4v) is 1.36. The first-order valence-corrected chi connectivity index (χ1v) is 5.53. The van der Waals surface area contributed by atoms with Crippen molar-refractivity contribution in [3.05, 3.63) is 29.8 Å². The summed E-state index contributed by atoms with van der Waals surface area (Å²) in [7, 11) is 1.67. The van der Waals surface area contributed by atoms with Gasteiger partial charge in [0.1, 0.15) is 5.75 Å². The van der Waals surface area contributed by atoms with Crippen LogP contribution in [0.3, 0.4) is 0 Å². The van der Waals surface area contributed by atoms with Crippen molar-refractivity contribution in [1.29, 1.82) is 0 Å².